The van der Waals surface area contributed by atoms with Crippen molar-refractivity contribution in [1.29, 1.82) is 0 Å². The standard InChI is InChI=1S/C26H33NO10/c1-4-13-15-8-17-14-9-19(34-3)18(33-2)7-12(14)5-6-27(17)24(32)16(15)11-35-25(13)37-26-23(31)22(30)21(29)20(10-28)36-26/h4,7,9,11,13,15,17,20-23,25-26,28-31H,1,5-6,8,10H2,2-3H3/t13-,15-,17-,20+,21+,22-,23+,25-,26-/m0/s1. The van der Waals surface area contributed by atoms with Gasteiger partial charge in [-0.2, -0.15) is 0 Å². The number of fused-ring (bicyclic) bond motifs is 4. The van der Waals surface area contributed by atoms with Crippen LogP contribution >= 0.6 is 0 Å². The maximum absolute atomic E-state index is 13.5. The minimum atomic E-state index is -1.58. The van der Waals surface area contributed by atoms with Crippen molar-refractivity contribution in [2.75, 3.05) is 27.4 Å². The normalized spacial score (nSPS) is 36.9. The number of benzene rings is 1. The van der Waals surface area contributed by atoms with E-state index in [0.29, 0.717) is 36.5 Å². The Labute approximate surface area is 214 Å². The number of hydrogen-bond donors (Lipinski definition) is 4. The molecule has 2 fully saturated rings. The molecular formula is C26H33NO10. The summed E-state index contributed by atoms with van der Waals surface area (Å²) in [7, 11) is 3.16. The van der Waals surface area contributed by atoms with Gasteiger partial charge in [0, 0.05) is 18.4 Å². The van der Waals surface area contributed by atoms with Crippen LogP contribution in [0.5, 0.6) is 11.5 Å². The molecule has 4 aliphatic rings. The molecule has 2 saturated heterocycles. The summed E-state index contributed by atoms with van der Waals surface area (Å²) in [6.07, 6.45) is -3.83. The van der Waals surface area contributed by atoms with Gasteiger partial charge in [0.1, 0.15) is 24.4 Å². The molecule has 0 unspecified atom stereocenters. The van der Waals surface area contributed by atoms with Crippen LogP contribution in [0.15, 0.2) is 36.6 Å². The molecule has 1 aromatic carbocycles. The van der Waals surface area contributed by atoms with E-state index in [1.54, 1.807) is 20.3 Å². The molecule has 0 bridgehead atoms. The first-order valence-electron chi connectivity index (χ1n) is 12.3. The molecule has 11 heteroatoms. The number of aliphatic hydroxyl groups is 4. The molecule has 4 heterocycles. The Morgan fingerprint density at radius 3 is 2.51 bits per heavy atom. The topological polar surface area (TPSA) is 147 Å². The second-order valence-corrected chi connectivity index (χ2v) is 9.74. The lowest BCUT2D eigenvalue weighted by Crippen LogP contribution is -2.60. The minimum absolute atomic E-state index is 0.125. The fourth-order valence-electron chi connectivity index (χ4n) is 5.85. The predicted octanol–water partition coefficient (Wildman–Crippen LogP) is 0.00840. The number of nitrogens with zero attached hydrogens (tertiary/aromatic N) is 1. The van der Waals surface area contributed by atoms with Crippen LogP contribution in [0, 0.1) is 11.8 Å². The molecule has 11 nitrogen and oxygen atoms in total. The number of carbonyl (C=O) groups is 1. The lowest BCUT2D eigenvalue weighted by atomic mass is 9.73. The van der Waals surface area contributed by atoms with Crippen molar-refractivity contribution in [3.63, 3.8) is 0 Å². The number of rotatable bonds is 6. The van der Waals surface area contributed by atoms with Crippen molar-refractivity contribution in [3.05, 3.63) is 47.7 Å². The van der Waals surface area contributed by atoms with Crippen molar-refractivity contribution in [2.45, 2.75) is 55.9 Å². The van der Waals surface area contributed by atoms with Crippen LogP contribution in [0.1, 0.15) is 23.6 Å². The van der Waals surface area contributed by atoms with Crippen LogP contribution in [0.3, 0.4) is 0 Å². The Morgan fingerprint density at radius 2 is 1.84 bits per heavy atom. The van der Waals surface area contributed by atoms with Crippen molar-refractivity contribution < 1.29 is 48.9 Å². The third-order valence-electron chi connectivity index (χ3n) is 7.88. The van der Waals surface area contributed by atoms with Gasteiger partial charge in [0.15, 0.2) is 17.8 Å². The van der Waals surface area contributed by atoms with Gasteiger partial charge >= 0.3 is 0 Å². The Kier molecular flexibility index (Phi) is 7.18. The summed E-state index contributed by atoms with van der Waals surface area (Å²) in [6.45, 7) is 3.92. The second kappa shape index (κ2) is 10.2. The molecule has 1 aromatic rings. The molecule has 4 N–H and O–H groups in total. The molecule has 0 aliphatic carbocycles. The fraction of sp³-hybridized carbons (Fsp3) is 0.577. The molecule has 37 heavy (non-hydrogen) atoms. The molecule has 0 radical (unpaired) electrons. The summed E-state index contributed by atoms with van der Waals surface area (Å²) in [6, 6.07) is 3.69. The maximum atomic E-state index is 13.5. The summed E-state index contributed by atoms with van der Waals surface area (Å²) in [5.74, 6) is 0.325. The average Bonchev–Trinajstić information content (AvgIpc) is 2.92. The first-order chi connectivity index (χ1) is 17.8. The highest BCUT2D eigenvalue weighted by Crippen LogP contribution is 2.49. The molecule has 5 rings (SSSR count). The Hall–Kier alpha value is -2.67. The maximum Gasteiger partial charge on any atom is 0.253 e. The lowest BCUT2D eigenvalue weighted by molar-refractivity contribution is -0.339. The third kappa shape index (κ3) is 4.29. The van der Waals surface area contributed by atoms with Crippen LogP contribution in [-0.4, -0.2) is 95.6 Å². The number of aliphatic hydroxyl groups excluding tert-OH is 4. The highest BCUT2D eigenvalue weighted by Gasteiger charge is 2.50. The van der Waals surface area contributed by atoms with Gasteiger partial charge in [0.25, 0.3) is 5.91 Å². The van der Waals surface area contributed by atoms with Gasteiger partial charge in [0.05, 0.1) is 38.7 Å². The van der Waals surface area contributed by atoms with Crippen LogP contribution in [0.25, 0.3) is 0 Å². The molecule has 1 amide bonds. The van der Waals surface area contributed by atoms with Crippen molar-refractivity contribution in [2.24, 2.45) is 11.8 Å². The number of amides is 1. The van der Waals surface area contributed by atoms with Crippen molar-refractivity contribution >= 4 is 5.91 Å². The first-order valence-corrected chi connectivity index (χ1v) is 12.3. The third-order valence-corrected chi connectivity index (χ3v) is 7.88. The van der Waals surface area contributed by atoms with E-state index in [-0.39, 0.29) is 17.9 Å². The molecule has 202 valence electrons. The van der Waals surface area contributed by atoms with Crippen LogP contribution in [0.2, 0.25) is 0 Å². The van der Waals surface area contributed by atoms with E-state index in [0.717, 1.165) is 11.1 Å². The minimum Gasteiger partial charge on any atom is -0.493 e. The fourth-order valence-corrected chi connectivity index (χ4v) is 5.85. The monoisotopic (exact) mass is 519 g/mol. The largest absolute Gasteiger partial charge is 0.493 e. The van der Waals surface area contributed by atoms with Gasteiger partial charge in [-0.15, -0.1) is 6.58 Å². The van der Waals surface area contributed by atoms with E-state index < -0.39 is 49.5 Å². The van der Waals surface area contributed by atoms with Crippen molar-refractivity contribution in [1.82, 2.24) is 4.90 Å². The average molecular weight is 520 g/mol. The van der Waals surface area contributed by atoms with E-state index >= 15 is 0 Å². The second-order valence-electron chi connectivity index (χ2n) is 9.74. The van der Waals surface area contributed by atoms with E-state index in [2.05, 4.69) is 6.58 Å². The summed E-state index contributed by atoms with van der Waals surface area (Å²) in [4.78, 5) is 15.4. The Balaban J connectivity index is 1.42. The first kappa shape index (κ1) is 26.0. The summed E-state index contributed by atoms with van der Waals surface area (Å²) >= 11 is 0. The highest BCUT2D eigenvalue weighted by molar-refractivity contribution is 5.95. The molecule has 4 aliphatic heterocycles. The molecule has 0 aromatic heterocycles. The SMILES string of the molecule is C=C[C@@H]1[C@H](O[C@@H]2O[C@H](CO)[C@@H](O)[C@H](O)[C@H]2O)OC=C2C(=O)N3CCc4cc(OC)c(OC)cc4[C@@H]3C[C@H]21. The molecular weight excluding hydrogens is 486 g/mol. The zero-order valence-electron chi connectivity index (χ0n) is 20.7. The quantitative estimate of drug-likeness (QED) is 0.379. The summed E-state index contributed by atoms with van der Waals surface area (Å²) in [5.41, 5.74) is 2.60. The van der Waals surface area contributed by atoms with Crippen LogP contribution in [0.4, 0.5) is 0 Å². The Morgan fingerprint density at radius 1 is 1.11 bits per heavy atom. The van der Waals surface area contributed by atoms with Gasteiger partial charge in [-0.05, 0) is 36.1 Å². The van der Waals surface area contributed by atoms with E-state index in [9.17, 15) is 25.2 Å². The number of hydrogen-bond acceptors (Lipinski definition) is 10. The van der Waals surface area contributed by atoms with Gasteiger partial charge in [0.2, 0.25) is 6.29 Å². The molecule has 0 spiro atoms. The van der Waals surface area contributed by atoms with Gasteiger partial charge < -0.3 is 49.0 Å². The Bertz CT molecular complexity index is 1070. The van der Waals surface area contributed by atoms with Gasteiger partial charge in [-0.25, -0.2) is 0 Å². The van der Waals surface area contributed by atoms with Gasteiger partial charge in [-0.3, -0.25) is 4.79 Å². The zero-order chi connectivity index (χ0) is 26.4. The zero-order valence-corrected chi connectivity index (χ0v) is 20.7. The summed E-state index contributed by atoms with van der Waals surface area (Å²) in [5, 5.41) is 40.1. The lowest BCUT2D eigenvalue weighted by Gasteiger charge is -2.48. The van der Waals surface area contributed by atoms with E-state index in [4.69, 9.17) is 23.7 Å². The van der Waals surface area contributed by atoms with E-state index in [1.165, 1.54) is 6.26 Å². The number of piperidine rings is 1. The van der Waals surface area contributed by atoms with E-state index in [1.807, 2.05) is 17.0 Å². The molecule has 0 saturated carbocycles. The number of methoxy groups -OCH3 is 2. The van der Waals surface area contributed by atoms with Gasteiger partial charge in [-0.1, -0.05) is 6.08 Å². The van der Waals surface area contributed by atoms with Crippen molar-refractivity contribution in [3.8, 4) is 11.5 Å². The predicted molar refractivity (Wildman–Crippen MR) is 127 cm³/mol. The number of carbonyl (C=O) groups excluding carboxylic acids is 1. The van der Waals surface area contributed by atoms with Crippen LogP contribution in [-0.2, 0) is 25.4 Å². The number of ether oxygens (including phenoxy) is 5. The highest BCUT2D eigenvalue weighted by atomic mass is 16.8. The smallest absolute Gasteiger partial charge is 0.253 e. The van der Waals surface area contributed by atoms with Crippen LogP contribution < -0.4 is 9.47 Å². The summed E-state index contributed by atoms with van der Waals surface area (Å²) < 4.78 is 28.2. The molecule has 9 atom stereocenters.